The van der Waals surface area contributed by atoms with Gasteiger partial charge in [-0.05, 0) is 49.9 Å². The minimum absolute atomic E-state index is 0.00810. The zero-order valence-electron chi connectivity index (χ0n) is 14.1. The van der Waals surface area contributed by atoms with Crippen LogP contribution in [0.2, 0.25) is 0 Å². The first-order valence-electron chi connectivity index (χ1n) is 8.66. The fourth-order valence-electron chi connectivity index (χ4n) is 3.73. The second kappa shape index (κ2) is 6.02. The minimum Gasteiger partial charge on any atom is -0.467 e. The Morgan fingerprint density at radius 3 is 2.60 bits per heavy atom. The van der Waals surface area contributed by atoms with Crippen molar-refractivity contribution >= 4 is 15.7 Å². The summed E-state index contributed by atoms with van der Waals surface area (Å²) in [7, 11) is -3.29. The lowest BCUT2D eigenvalue weighted by molar-refractivity contribution is -0.136. The standard InChI is InChI=1S/C19H21NO4S/c1-13(17-6-4-11-24-17)20(14-8-9-14)19(21)16-10-12-25(22,23)18-7-3-2-5-15(16)18/h2-7,11,13-14,16H,8-10,12H2,1H3. The van der Waals surface area contributed by atoms with Gasteiger partial charge in [0, 0.05) is 6.04 Å². The topological polar surface area (TPSA) is 67.6 Å². The molecule has 1 aliphatic heterocycles. The van der Waals surface area contributed by atoms with Crippen LogP contribution in [0, 0.1) is 0 Å². The van der Waals surface area contributed by atoms with Crippen molar-refractivity contribution in [3.8, 4) is 0 Å². The van der Waals surface area contributed by atoms with Crippen LogP contribution in [-0.4, -0.2) is 31.0 Å². The minimum atomic E-state index is -3.29. The number of sulfone groups is 1. The number of amides is 1. The Morgan fingerprint density at radius 2 is 1.92 bits per heavy atom. The van der Waals surface area contributed by atoms with Gasteiger partial charge in [-0.25, -0.2) is 8.42 Å². The number of fused-ring (bicyclic) bond motifs is 1. The lowest BCUT2D eigenvalue weighted by Gasteiger charge is -2.34. The third kappa shape index (κ3) is 2.88. The lowest BCUT2D eigenvalue weighted by atomic mass is 9.93. The first-order valence-corrected chi connectivity index (χ1v) is 10.3. The molecule has 0 saturated heterocycles. The van der Waals surface area contributed by atoms with Crippen LogP contribution in [0.1, 0.15) is 49.5 Å². The van der Waals surface area contributed by atoms with Crippen LogP contribution >= 0.6 is 0 Å². The van der Waals surface area contributed by atoms with E-state index in [0.29, 0.717) is 16.9 Å². The maximum Gasteiger partial charge on any atom is 0.231 e. The molecular weight excluding hydrogens is 338 g/mol. The molecule has 0 N–H and O–H groups in total. The highest BCUT2D eigenvalue weighted by molar-refractivity contribution is 7.91. The number of carbonyl (C=O) groups excluding carboxylic acids is 1. The summed E-state index contributed by atoms with van der Waals surface area (Å²) in [5, 5.41) is 0. The van der Waals surface area contributed by atoms with Gasteiger partial charge in [-0.2, -0.15) is 0 Å². The molecule has 2 heterocycles. The Morgan fingerprint density at radius 1 is 1.16 bits per heavy atom. The highest BCUT2D eigenvalue weighted by Crippen LogP contribution is 2.41. The normalized spacial score (nSPS) is 22.8. The molecule has 1 amide bonds. The second-order valence-corrected chi connectivity index (χ2v) is 8.94. The van der Waals surface area contributed by atoms with Gasteiger partial charge >= 0.3 is 0 Å². The Balaban J connectivity index is 1.70. The van der Waals surface area contributed by atoms with Gasteiger partial charge in [0.05, 0.1) is 28.9 Å². The van der Waals surface area contributed by atoms with Crippen molar-refractivity contribution in [2.75, 3.05) is 5.75 Å². The van der Waals surface area contributed by atoms with E-state index in [2.05, 4.69) is 0 Å². The SMILES string of the molecule is CC(c1ccco1)N(C(=O)C1CCS(=O)(=O)c2ccccc21)C1CC1. The van der Waals surface area contributed by atoms with Crippen molar-refractivity contribution in [1.82, 2.24) is 4.90 Å². The summed E-state index contributed by atoms with van der Waals surface area (Å²) < 4.78 is 30.2. The third-order valence-electron chi connectivity index (χ3n) is 5.17. The molecule has 1 aromatic heterocycles. The fraction of sp³-hybridized carbons (Fsp3) is 0.421. The second-order valence-electron chi connectivity index (χ2n) is 6.87. The van der Waals surface area contributed by atoms with Crippen LogP contribution in [0.25, 0.3) is 0 Å². The van der Waals surface area contributed by atoms with E-state index in [4.69, 9.17) is 4.42 Å². The van der Waals surface area contributed by atoms with Crippen LogP contribution in [0.3, 0.4) is 0 Å². The van der Waals surface area contributed by atoms with E-state index in [1.54, 1.807) is 30.5 Å². The van der Waals surface area contributed by atoms with Gasteiger partial charge in [0.25, 0.3) is 0 Å². The van der Waals surface area contributed by atoms with Gasteiger partial charge in [0.2, 0.25) is 5.91 Å². The smallest absolute Gasteiger partial charge is 0.231 e. The highest BCUT2D eigenvalue weighted by Gasteiger charge is 2.43. The Hall–Kier alpha value is -2.08. The molecule has 4 rings (SSSR count). The first-order chi connectivity index (χ1) is 12.0. The molecule has 132 valence electrons. The summed E-state index contributed by atoms with van der Waals surface area (Å²) in [4.78, 5) is 15.6. The summed E-state index contributed by atoms with van der Waals surface area (Å²) in [6, 6.07) is 10.7. The third-order valence-corrected chi connectivity index (χ3v) is 6.98. The summed E-state index contributed by atoms with van der Waals surface area (Å²) in [6.45, 7) is 1.97. The number of carbonyl (C=O) groups is 1. The molecule has 2 atom stereocenters. The van der Waals surface area contributed by atoms with Crippen molar-refractivity contribution in [3.63, 3.8) is 0 Å². The first kappa shape index (κ1) is 16.4. The molecule has 1 fully saturated rings. The van der Waals surface area contributed by atoms with Crippen molar-refractivity contribution in [2.45, 2.75) is 49.1 Å². The predicted octanol–water partition coefficient (Wildman–Crippen LogP) is 3.29. The summed E-state index contributed by atoms with van der Waals surface area (Å²) in [5.74, 6) is 0.386. The molecule has 0 spiro atoms. The number of nitrogens with zero attached hydrogens (tertiary/aromatic N) is 1. The molecule has 2 aromatic rings. The van der Waals surface area contributed by atoms with E-state index in [1.165, 1.54) is 0 Å². The highest BCUT2D eigenvalue weighted by atomic mass is 32.2. The zero-order chi connectivity index (χ0) is 17.6. The van der Waals surface area contributed by atoms with E-state index < -0.39 is 15.8 Å². The average molecular weight is 359 g/mol. The van der Waals surface area contributed by atoms with Crippen LogP contribution in [0.15, 0.2) is 52.0 Å². The Bertz CT molecular complexity index is 884. The van der Waals surface area contributed by atoms with Gasteiger partial charge in [-0.1, -0.05) is 18.2 Å². The van der Waals surface area contributed by atoms with Crippen molar-refractivity contribution in [1.29, 1.82) is 0 Å². The van der Waals surface area contributed by atoms with Gasteiger partial charge in [-0.3, -0.25) is 4.79 Å². The van der Waals surface area contributed by atoms with E-state index in [-0.39, 0.29) is 23.7 Å². The summed E-state index contributed by atoms with van der Waals surface area (Å²) in [6.07, 6.45) is 3.93. The summed E-state index contributed by atoms with van der Waals surface area (Å²) >= 11 is 0. The van der Waals surface area contributed by atoms with Crippen molar-refractivity contribution in [2.24, 2.45) is 0 Å². The molecule has 0 radical (unpaired) electrons. The van der Waals surface area contributed by atoms with E-state index >= 15 is 0 Å². The maximum absolute atomic E-state index is 13.4. The molecule has 1 aromatic carbocycles. The van der Waals surface area contributed by atoms with Crippen molar-refractivity contribution in [3.05, 3.63) is 54.0 Å². The number of furan rings is 1. The summed E-state index contributed by atoms with van der Waals surface area (Å²) in [5.41, 5.74) is 0.635. The van der Waals surface area contributed by atoms with E-state index in [0.717, 1.165) is 18.6 Å². The molecule has 1 saturated carbocycles. The quantitative estimate of drug-likeness (QED) is 0.840. The van der Waals surface area contributed by atoms with Crippen LogP contribution in [0.5, 0.6) is 0 Å². The number of hydrogen-bond acceptors (Lipinski definition) is 4. The number of benzene rings is 1. The van der Waals surface area contributed by atoms with Crippen LogP contribution < -0.4 is 0 Å². The molecule has 25 heavy (non-hydrogen) atoms. The van der Waals surface area contributed by atoms with Gasteiger partial charge in [0.15, 0.2) is 9.84 Å². The molecule has 1 aliphatic carbocycles. The number of rotatable bonds is 4. The van der Waals surface area contributed by atoms with Gasteiger partial charge < -0.3 is 9.32 Å². The van der Waals surface area contributed by atoms with Crippen LogP contribution in [0.4, 0.5) is 0 Å². The van der Waals surface area contributed by atoms with E-state index in [9.17, 15) is 13.2 Å². The van der Waals surface area contributed by atoms with Crippen molar-refractivity contribution < 1.29 is 17.6 Å². The van der Waals surface area contributed by atoms with Gasteiger partial charge in [0.1, 0.15) is 5.76 Å². The van der Waals surface area contributed by atoms with Gasteiger partial charge in [-0.15, -0.1) is 0 Å². The number of hydrogen-bond donors (Lipinski definition) is 0. The molecule has 2 aliphatic rings. The molecule has 5 nitrogen and oxygen atoms in total. The molecule has 6 heteroatoms. The monoisotopic (exact) mass is 359 g/mol. The lowest BCUT2D eigenvalue weighted by Crippen LogP contribution is -2.40. The largest absolute Gasteiger partial charge is 0.467 e. The van der Waals surface area contributed by atoms with E-state index in [1.807, 2.05) is 24.0 Å². The fourth-order valence-corrected chi connectivity index (χ4v) is 5.35. The molecule has 0 bridgehead atoms. The Labute approximate surface area is 147 Å². The zero-order valence-corrected chi connectivity index (χ0v) is 14.9. The average Bonchev–Trinajstić information content (AvgIpc) is 3.26. The molecular formula is C19H21NO4S. The predicted molar refractivity (Wildman–Crippen MR) is 92.8 cm³/mol. The Kier molecular flexibility index (Phi) is 3.95. The maximum atomic E-state index is 13.4. The van der Waals surface area contributed by atoms with Crippen LogP contribution in [-0.2, 0) is 14.6 Å². The molecule has 2 unspecified atom stereocenters.